The molecule has 0 bridgehead atoms. The van der Waals surface area contributed by atoms with Crippen molar-refractivity contribution in [2.75, 3.05) is 27.9 Å². The molecule has 0 saturated carbocycles. The number of aromatic amines is 1. The summed E-state index contributed by atoms with van der Waals surface area (Å²) in [5.74, 6) is 2.41. The van der Waals surface area contributed by atoms with Crippen LogP contribution in [0, 0.1) is 0 Å². The molecule has 0 saturated heterocycles. The Morgan fingerprint density at radius 3 is 2.50 bits per heavy atom. The summed E-state index contributed by atoms with van der Waals surface area (Å²) >= 11 is 0. The molecule has 0 radical (unpaired) electrons. The Hall–Kier alpha value is -3.39. The summed E-state index contributed by atoms with van der Waals surface area (Å²) < 4.78 is 16.5. The van der Waals surface area contributed by atoms with E-state index < -0.39 is 0 Å². The number of ether oxygens (including phenoxy) is 3. The van der Waals surface area contributed by atoms with Gasteiger partial charge >= 0.3 is 0 Å². The van der Waals surface area contributed by atoms with Crippen LogP contribution >= 0.6 is 0 Å². The van der Waals surface area contributed by atoms with Gasteiger partial charge in [-0.25, -0.2) is 4.98 Å². The third-order valence-corrected chi connectivity index (χ3v) is 5.29. The number of nitrogens with zero attached hydrogens (tertiary/aromatic N) is 3. The first-order chi connectivity index (χ1) is 14.6. The monoisotopic (exact) mass is 408 g/mol. The van der Waals surface area contributed by atoms with Gasteiger partial charge in [0.1, 0.15) is 5.82 Å². The van der Waals surface area contributed by atoms with Gasteiger partial charge in [0, 0.05) is 48.7 Å². The molecule has 30 heavy (non-hydrogen) atoms. The maximum Gasteiger partial charge on any atom is 0.254 e. The number of hydrogen-bond donors (Lipinski definition) is 1. The molecule has 1 aliphatic rings. The lowest BCUT2D eigenvalue weighted by Gasteiger charge is -2.28. The predicted molar refractivity (Wildman–Crippen MR) is 112 cm³/mol. The van der Waals surface area contributed by atoms with Crippen molar-refractivity contribution in [2.24, 2.45) is 0 Å². The van der Waals surface area contributed by atoms with Crippen LogP contribution in [0.1, 0.15) is 16.8 Å². The molecule has 0 spiro atoms. The highest BCUT2D eigenvalue weighted by Crippen LogP contribution is 2.40. The Labute approximate surface area is 174 Å². The molecule has 3 heterocycles. The number of rotatable bonds is 6. The van der Waals surface area contributed by atoms with E-state index in [1.807, 2.05) is 24.3 Å². The summed E-state index contributed by atoms with van der Waals surface area (Å²) in [6.07, 6.45) is 4.01. The van der Waals surface area contributed by atoms with Gasteiger partial charge in [0.25, 0.3) is 5.56 Å². The summed E-state index contributed by atoms with van der Waals surface area (Å²) in [5, 5.41) is 0. The maximum atomic E-state index is 12.6. The standard InChI is InChI=1S/C22H24N4O4/c1-28-18-5-4-15(19(29-2)20(18)30-3)12-26-11-8-16-17(13-26)24-21(25-22(16)27)14-6-9-23-10-7-14/h4-7,9-10H,8,11-13H2,1-3H3,(H,24,25,27). The van der Waals surface area contributed by atoms with Crippen LogP contribution in [-0.4, -0.2) is 47.7 Å². The van der Waals surface area contributed by atoms with E-state index in [2.05, 4.69) is 14.9 Å². The van der Waals surface area contributed by atoms with Crippen LogP contribution < -0.4 is 19.8 Å². The smallest absolute Gasteiger partial charge is 0.254 e. The summed E-state index contributed by atoms with van der Waals surface area (Å²) in [6.45, 7) is 1.97. The number of benzene rings is 1. The van der Waals surface area contributed by atoms with Crippen LogP contribution in [0.5, 0.6) is 17.2 Å². The summed E-state index contributed by atoms with van der Waals surface area (Å²) in [6, 6.07) is 7.52. The van der Waals surface area contributed by atoms with Crippen LogP contribution in [0.15, 0.2) is 41.5 Å². The van der Waals surface area contributed by atoms with Crippen molar-refractivity contribution in [2.45, 2.75) is 19.5 Å². The molecule has 8 heteroatoms. The Morgan fingerprint density at radius 1 is 1.03 bits per heavy atom. The van der Waals surface area contributed by atoms with Crippen molar-refractivity contribution in [1.82, 2.24) is 19.9 Å². The topological polar surface area (TPSA) is 89.6 Å². The lowest BCUT2D eigenvalue weighted by molar-refractivity contribution is 0.235. The van der Waals surface area contributed by atoms with Gasteiger partial charge in [0.15, 0.2) is 11.5 Å². The van der Waals surface area contributed by atoms with E-state index in [0.717, 1.165) is 28.9 Å². The Kier molecular flexibility index (Phi) is 5.67. The van der Waals surface area contributed by atoms with Crippen molar-refractivity contribution in [3.8, 4) is 28.6 Å². The average Bonchev–Trinajstić information content (AvgIpc) is 2.79. The van der Waals surface area contributed by atoms with E-state index in [-0.39, 0.29) is 5.56 Å². The fraction of sp³-hybridized carbons (Fsp3) is 0.318. The Balaban J connectivity index is 1.62. The molecule has 0 fully saturated rings. The molecule has 4 rings (SSSR count). The highest BCUT2D eigenvalue weighted by atomic mass is 16.5. The molecule has 156 valence electrons. The van der Waals surface area contributed by atoms with Crippen LogP contribution in [0.3, 0.4) is 0 Å². The summed E-state index contributed by atoms with van der Waals surface area (Å²) in [7, 11) is 4.81. The fourth-order valence-electron chi connectivity index (χ4n) is 3.80. The molecule has 0 amide bonds. The SMILES string of the molecule is COc1ccc(CN2CCc3c(nc(-c4ccncc4)[nH]c3=O)C2)c(OC)c1OC. The molecule has 0 aliphatic carbocycles. The fourth-order valence-corrected chi connectivity index (χ4v) is 3.80. The van der Waals surface area contributed by atoms with E-state index in [1.165, 1.54) is 0 Å². The molecule has 1 aliphatic heterocycles. The second kappa shape index (κ2) is 8.54. The first kappa shape index (κ1) is 19.9. The predicted octanol–water partition coefficient (Wildman–Crippen LogP) is 2.42. The average molecular weight is 408 g/mol. The van der Waals surface area contributed by atoms with Gasteiger partial charge in [-0.15, -0.1) is 0 Å². The highest BCUT2D eigenvalue weighted by Gasteiger charge is 2.24. The third-order valence-electron chi connectivity index (χ3n) is 5.29. The lowest BCUT2D eigenvalue weighted by Crippen LogP contribution is -2.35. The Morgan fingerprint density at radius 2 is 1.80 bits per heavy atom. The third kappa shape index (κ3) is 3.73. The minimum atomic E-state index is -0.0739. The molecule has 1 N–H and O–H groups in total. The summed E-state index contributed by atoms with van der Waals surface area (Å²) in [4.78, 5) is 26.5. The van der Waals surface area contributed by atoms with Gasteiger partial charge in [-0.2, -0.15) is 0 Å². The van der Waals surface area contributed by atoms with E-state index in [1.54, 1.807) is 33.7 Å². The first-order valence-corrected chi connectivity index (χ1v) is 9.67. The van der Waals surface area contributed by atoms with Gasteiger partial charge in [-0.3, -0.25) is 14.7 Å². The van der Waals surface area contributed by atoms with Gasteiger partial charge in [-0.05, 0) is 24.6 Å². The number of pyridine rings is 1. The molecule has 0 unspecified atom stereocenters. The molecular formula is C22H24N4O4. The maximum absolute atomic E-state index is 12.6. The second-order valence-electron chi connectivity index (χ2n) is 7.03. The second-order valence-corrected chi connectivity index (χ2v) is 7.03. The van der Waals surface area contributed by atoms with E-state index in [9.17, 15) is 4.79 Å². The van der Waals surface area contributed by atoms with E-state index in [0.29, 0.717) is 42.6 Å². The van der Waals surface area contributed by atoms with Crippen molar-refractivity contribution >= 4 is 0 Å². The molecule has 3 aromatic rings. The van der Waals surface area contributed by atoms with Gasteiger partial charge in [-0.1, -0.05) is 6.07 Å². The zero-order valence-corrected chi connectivity index (χ0v) is 17.3. The molecular weight excluding hydrogens is 384 g/mol. The quantitative estimate of drug-likeness (QED) is 0.670. The van der Waals surface area contributed by atoms with Gasteiger partial charge < -0.3 is 19.2 Å². The number of aromatic nitrogens is 3. The van der Waals surface area contributed by atoms with Crippen molar-refractivity contribution in [1.29, 1.82) is 0 Å². The van der Waals surface area contributed by atoms with Crippen LogP contribution in [-0.2, 0) is 19.5 Å². The molecule has 1 aromatic carbocycles. The summed E-state index contributed by atoms with van der Waals surface area (Å²) in [5.41, 5.74) is 3.30. The first-order valence-electron chi connectivity index (χ1n) is 9.67. The zero-order chi connectivity index (χ0) is 21.1. The van der Waals surface area contributed by atoms with Crippen molar-refractivity contribution < 1.29 is 14.2 Å². The van der Waals surface area contributed by atoms with Crippen LogP contribution in [0.4, 0.5) is 0 Å². The Bertz CT molecular complexity index is 1100. The number of hydrogen-bond acceptors (Lipinski definition) is 7. The van der Waals surface area contributed by atoms with E-state index in [4.69, 9.17) is 19.2 Å². The van der Waals surface area contributed by atoms with Gasteiger partial charge in [0.2, 0.25) is 5.75 Å². The van der Waals surface area contributed by atoms with Crippen LogP contribution in [0.2, 0.25) is 0 Å². The van der Waals surface area contributed by atoms with Crippen LogP contribution in [0.25, 0.3) is 11.4 Å². The number of H-pyrrole nitrogens is 1. The van der Waals surface area contributed by atoms with Gasteiger partial charge in [0.05, 0.1) is 27.0 Å². The number of nitrogens with one attached hydrogen (secondary N) is 1. The highest BCUT2D eigenvalue weighted by molar-refractivity contribution is 5.56. The minimum Gasteiger partial charge on any atom is -0.493 e. The largest absolute Gasteiger partial charge is 0.493 e. The molecule has 8 nitrogen and oxygen atoms in total. The molecule has 0 atom stereocenters. The van der Waals surface area contributed by atoms with E-state index >= 15 is 0 Å². The number of methoxy groups -OCH3 is 3. The normalized spacial score (nSPS) is 13.6. The van der Waals surface area contributed by atoms with Crippen molar-refractivity contribution in [3.05, 3.63) is 63.8 Å². The molecule has 2 aromatic heterocycles. The minimum absolute atomic E-state index is 0.0739. The van der Waals surface area contributed by atoms with Crippen molar-refractivity contribution in [3.63, 3.8) is 0 Å². The lowest BCUT2D eigenvalue weighted by atomic mass is 10.0. The zero-order valence-electron chi connectivity index (χ0n) is 17.3. The number of fused-ring (bicyclic) bond motifs is 1.